The summed E-state index contributed by atoms with van der Waals surface area (Å²) in [6.45, 7) is 0. The van der Waals surface area contributed by atoms with Crippen LogP contribution in [-0.4, -0.2) is 8.76 Å². The van der Waals surface area contributed by atoms with Crippen molar-refractivity contribution < 1.29 is 8.76 Å². The Morgan fingerprint density at radius 2 is 2.00 bits per heavy atom. The fourth-order valence-corrected chi connectivity index (χ4v) is 0.999. The highest BCUT2D eigenvalue weighted by atomic mass is 32.2. The van der Waals surface area contributed by atoms with Gasteiger partial charge in [-0.15, -0.1) is 4.83 Å². The maximum absolute atomic E-state index is 10.3. The molecule has 6 heteroatoms. The fraction of sp³-hybridized carbons (Fsp3) is 0. The van der Waals surface area contributed by atoms with Gasteiger partial charge in [0.05, 0.1) is 5.69 Å². The van der Waals surface area contributed by atoms with E-state index in [-0.39, 0.29) is 0 Å². The molecular weight excluding hydrogens is 178 g/mol. The normalized spacial score (nSPS) is 12.5. The SMILES string of the molecule is NN(NS(=O)O)c1ccccc1. The van der Waals surface area contributed by atoms with Crippen molar-refractivity contribution in [3.05, 3.63) is 30.3 Å². The molecule has 0 saturated heterocycles. The van der Waals surface area contributed by atoms with Gasteiger partial charge in [-0.2, -0.15) is 0 Å². The molecule has 12 heavy (non-hydrogen) atoms. The number of nitrogens with two attached hydrogens (primary N) is 1. The average molecular weight is 187 g/mol. The van der Waals surface area contributed by atoms with Gasteiger partial charge in [-0.05, 0) is 12.1 Å². The highest BCUT2D eigenvalue weighted by Gasteiger charge is 2.00. The monoisotopic (exact) mass is 187 g/mol. The molecule has 0 amide bonds. The molecule has 1 unspecified atom stereocenters. The van der Waals surface area contributed by atoms with Gasteiger partial charge in [-0.25, -0.2) is 15.2 Å². The molecule has 4 N–H and O–H groups in total. The Labute approximate surface area is 72.5 Å². The van der Waals surface area contributed by atoms with Crippen LogP contribution in [0, 0.1) is 0 Å². The maximum Gasteiger partial charge on any atom is 0.251 e. The van der Waals surface area contributed by atoms with Gasteiger partial charge in [0, 0.05) is 0 Å². The molecule has 0 spiro atoms. The molecule has 1 aromatic rings. The lowest BCUT2D eigenvalue weighted by atomic mass is 10.3. The van der Waals surface area contributed by atoms with Crippen LogP contribution in [0.5, 0.6) is 0 Å². The molecule has 0 aromatic heterocycles. The lowest BCUT2D eigenvalue weighted by molar-refractivity contribution is 0.545. The lowest BCUT2D eigenvalue weighted by Gasteiger charge is -2.15. The maximum atomic E-state index is 10.3. The van der Waals surface area contributed by atoms with Crippen molar-refractivity contribution in [1.82, 2.24) is 4.83 Å². The van der Waals surface area contributed by atoms with Crippen LogP contribution in [0.15, 0.2) is 30.3 Å². The van der Waals surface area contributed by atoms with Crippen LogP contribution in [0.1, 0.15) is 0 Å². The minimum absolute atomic E-state index is 0.611. The summed E-state index contributed by atoms with van der Waals surface area (Å²) in [5.41, 5.74) is 0.611. The van der Waals surface area contributed by atoms with Crippen LogP contribution < -0.4 is 15.8 Å². The first-order chi connectivity index (χ1) is 5.70. The van der Waals surface area contributed by atoms with E-state index < -0.39 is 11.3 Å². The van der Waals surface area contributed by atoms with Crippen molar-refractivity contribution in [2.24, 2.45) is 5.84 Å². The quantitative estimate of drug-likeness (QED) is 0.354. The summed E-state index contributed by atoms with van der Waals surface area (Å²) in [6, 6.07) is 8.79. The minimum Gasteiger partial charge on any atom is -0.292 e. The first kappa shape index (κ1) is 9.14. The summed E-state index contributed by atoms with van der Waals surface area (Å²) in [7, 11) is 0. The van der Waals surface area contributed by atoms with Crippen molar-refractivity contribution >= 4 is 17.0 Å². The molecule has 1 atom stereocenters. The molecule has 0 bridgehead atoms. The number of hydrogen-bond donors (Lipinski definition) is 3. The second-order valence-electron chi connectivity index (χ2n) is 2.05. The molecule has 5 nitrogen and oxygen atoms in total. The second-order valence-corrected chi connectivity index (χ2v) is 2.73. The van der Waals surface area contributed by atoms with Crippen LogP contribution in [0.4, 0.5) is 5.69 Å². The van der Waals surface area contributed by atoms with Crippen molar-refractivity contribution in [2.75, 3.05) is 5.12 Å². The average Bonchev–Trinajstić information content (AvgIpc) is 2.05. The predicted octanol–water partition coefficient (Wildman–Crippen LogP) is 0.00800. The van der Waals surface area contributed by atoms with Crippen LogP contribution in [0.25, 0.3) is 0 Å². The molecule has 1 aromatic carbocycles. The van der Waals surface area contributed by atoms with Gasteiger partial charge in [0.15, 0.2) is 0 Å². The van der Waals surface area contributed by atoms with Crippen LogP contribution >= 0.6 is 0 Å². The molecule has 0 fully saturated rings. The van der Waals surface area contributed by atoms with Crippen molar-refractivity contribution in [3.63, 3.8) is 0 Å². The molecule has 0 heterocycles. The Hall–Kier alpha value is -0.950. The number of benzene rings is 1. The van der Waals surface area contributed by atoms with Crippen molar-refractivity contribution in [2.45, 2.75) is 0 Å². The molecule has 1 rings (SSSR count). The Balaban J connectivity index is 2.65. The van der Waals surface area contributed by atoms with Gasteiger partial charge in [0.2, 0.25) is 0 Å². The van der Waals surface area contributed by atoms with Crippen LogP contribution in [0.3, 0.4) is 0 Å². The Bertz CT molecular complexity index is 267. The zero-order valence-electron chi connectivity index (χ0n) is 6.18. The van der Waals surface area contributed by atoms with E-state index in [9.17, 15) is 4.21 Å². The molecule has 66 valence electrons. The number of anilines is 1. The van der Waals surface area contributed by atoms with Gasteiger partial charge in [-0.3, -0.25) is 4.55 Å². The van der Waals surface area contributed by atoms with E-state index in [1.54, 1.807) is 24.3 Å². The Kier molecular flexibility index (Phi) is 3.18. The fourth-order valence-electron chi connectivity index (χ4n) is 0.725. The molecule has 0 aliphatic carbocycles. The highest BCUT2D eigenvalue weighted by molar-refractivity contribution is 7.77. The number of hydrazine groups is 2. The zero-order valence-corrected chi connectivity index (χ0v) is 6.99. The summed E-state index contributed by atoms with van der Waals surface area (Å²) in [4.78, 5) is 2.10. The van der Waals surface area contributed by atoms with Gasteiger partial charge in [0.25, 0.3) is 11.3 Å². The summed E-state index contributed by atoms with van der Waals surface area (Å²) < 4.78 is 18.7. The van der Waals surface area contributed by atoms with Crippen molar-refractivity contribution in [1.29, 1.82) is 0 Å². The topological polar surface area (TPSA) is 78.6 Å². The first-order valence-electron chi connectivity index (χ1n) is 3.17. The minimum atomic E-state index is -2.15. The summed E-state index contributed by atoms with van der Waals surface area (Å²) in [6.07, 6.45) is 0. The Morgan fingerprint density at radius 3 is 2.50 bits per heavy atom. The van der Waals surface area contributed by atoms with E-state index in [1.807, 2.05) is 6.07 Å². The summed E-state index contributed by atoms with van der Waals surface area (Å²) in [5.74, 6) is 5.37. The van der Waals surface area contributed by atoms with E-state index in [0.717, 1.165) is 5.12 Å². The van der Waals surface area contributed by atoms with Crippen LogP contribution in [0.2, 0.25) is 0 Å². The number of para-hydroxylation sites is 1. The molecule has 0 saturated carbocycles. The first-order valence-corrected chi connectivity index (χ1v) is 4.28. The number of hydrogen-bond acceptors (Lipinski definition) is 3. The lowest BCUT2D eigenvalue weighted by Crippen LogP contribution is -2.44. The number of nitrogens with one attached hydrogen (secondary N) is 1. The molecule has 0 aliphatic heterocycles. The van der Waals surface area contributed by atoms with Gasteiger partial charge >= 0.3 is 0 Å². The molecular formula is C6H9N3O2S. The second kappa shape index (κ2) is 4.17. The predicted molar refractivity (Wildman–Crippen MR) is 47.0 cm³/mol. The van der Waals surface area contributed by atoms with E-state index in [1.165, 1.54) is 0 Å². The molecule has 0 radical (unpaired) electrons. The summed E-state index contributed by atoms with van der Waals surface area (Å²) >= 11 is -2.15. The van der Waals surface area contributed by atoms with E-state index in [4.69, 9.17) is 10.4 Å². The third kappa shape index (κ3) is 2.59. The summed E-state index contributed by atoms with van der Waals surface area (Å²) in [5, 5.41) is 0.982. The smallest absolute Gasteiger partial charge is 0.251 e. The standard InChI is InChI=1S/C6H9N3O2S/c7-9(8-12(10)11)6-4-2-1-3-5-6/h1-5,8H,7H2,(H,10,11). The number of rotatable bonds is 3. The third-order valence-corrected chi connectivity index (χ3v) is 1.56. The van der Waals surface area contributed by atoms with Crippen molar-refractivity contribution in [3.8, 4) is 0 Å². The largest absolute Gasteiger partial charge is 0.292 e. The van der Waals surface area contributed by atoms with Crippen LogP contribution in [-0.2, 0) is 11.3 Å². The highest BCUT2D eigenvalue weighted by Crippen LogP contribution is 2.06. The van der Waals surface area contributed by atoms with Gasteiger partial charge < -0.3 is 0 Å². The van der Waals surface area contributed by atoms with E-state index in [0.29, 0.717) is 5.69 Å². The molecule has 0 aliphatic rings. The number of nitrogens with zero attached hydrogens (tertiary/aromatic N) is 1. The zero-order chi connectivity index (χ0) is 8.97. The van der Waals surface area contributed by atoms with Gasteiger partial charge in [0.1, 0.15) is 0 Å². The third-order valence-electron chi connectivity index (χ3n) is 1.21. The Morgan fingerprint density at radius 1 is 1.42 bits per heavy atom. The van der Waals surface area contributed by atoms with Gasteiger partial charge in [-0.1, -0.05) is 18.2 Å². The van der Waals surface area contributed by atoms with E-state index in [2.05, 4.69) is 4.83 Å². The van der Waals surface area contributed by atoms with E-state index >= 15 is 0 Å².